The fourth-order valence-electron chi connectivity index (χ4n) is 3.17. The predicted octanol–water partition coefficient (Wildman–Crippen LogP) is 3.20. The second-order valence-corrected chi connectivity index (χ2v) is 6.77. The van der Waals surface area contributed by atoms with Gasteiger partial charge in [0.1, 0.15) is 0 Å². The summed E-state index contributed by atoms with van der Waals surface area (Å²) in [5.74, 6) is -0.140. The fourth-order valence-corrected chi connectivity index (χ4v) is 3.17. The molecule has 2 N–H and O–H groups in total. The smallest absolute Gasteiger partial charge is 0.321 e. The van der Waals surface area contributed by atoms with Crippen molar-refractivity contribution in [3.8, 4) is 0 Å². The Hall–Kier alpha value is -3.35. The SMILES string of the molecule is CC(=O)Nc1cccc(N2CCN(C(=O)Nc3cccc(C(C)=O)c3)CC2)c1. The Kier molecular flexibility index (Phi) is 5.93. The maximum atomic E-state index is 12.5. The molecule has 2 aromatic rings. The average Bonchev–Trinajstić information content (AvgIpc) is 2.68. The van der Waals surface area contributed by atoms with Gasteiger partial charge in [-0.15, -0.1) is 0 Å². The minimum Gasteiger partial charge on any atom is -0.368 e. The minimum absolute atomic E-state index is 0.0359. The van der Waals surface area contributed by atoms with Gasteiger partial charge in [-0.1, -0.05) is 18.2 Å². The number of hydrogen-bond acceptors (Lipinski definition) is 4. The van der Waals surface area contributed by atoms with E-state index in [4.69, 9.17) is 0 Å². The topological polar surface area (TPSA) is 81.8 Å². The van der Waals surface area contributed by atoms with Crippen molar-refractivity contribution < 1.29 is 14.4 Å². The van der Waals surface area contributed by atoms with Crippen molar-refractivity contribution in [2.24, 2.45) is 0 Å². The van der Waals surface area contributed by atoms with Crippen LogP contribution in [0.4, 0.5) is 21.9 Å². The normalized spacial score (nSPS) is 13.8. The molecule has 1 fully saturated rings. The first kappa shape index (κ1) is 19.4. The maximum absolute atomic E-state index is 12.5. The van der Waals surface area contributed by atoms with E-state index in [1.807, 2.05) is 24.3 Å². The molecule has 28 heavy (non-hydrogen) atoms. The molecule has 0 saturated carbocycles. The van der Waals surface area contributed by atoms with E-state index >= 15 is 0 Å². The summed E-state index contributed by atoms with van der Waals surface area (Å²) in [6.45, 7) is 5.55. The Balaban J connectivity index is 1.58. The molecule has 2 aromatic carbocycles. The van der Waals surface area contributed by atoms with Crippen LogP contribution in [0, 0.1) is 0 Å². The molecule has 3 rings (SSSR count). The van der Waals surface area contributed by atoms with E-state index in [0.29, 0.717) is 37.4 Å². The summed E-state index contributed by atoms with van der Waals surface area (Å²) in [5.41, 5.74) is 2.96. The standard InChI is InChI=1S/C21H24N4O3/c1-15(26)17-5-3-6-18(13-17)23-21(28)25-11-9-24(10-12-25)20-8-4-7-19(14-20)22-16(2)27/h3-8,13-14H,9-12H2,1-2H3,(H,22,27)(H,23,28). The van der Waals surface area contributed by atoms with Crippen molar-refractivity contribution in [3.63, 3.8) is 0 Å². The van der Waals surface area contributed by atoms with Gasteiger partial charge in [-0.2, -0.15) is 0 Å². The number of ketones is 1. The number of carbonyl (C=O) groups excluding carboxylic acids is 3. The fraction of sp³-hybridized carbons (Fsp3) is 0.286. The Labute approximate surface area is 164 Å². The van der Waals surface area contributed by atoms with E-state index in [-0.39, 0.29) is 17.7 Å². The quantitative estimate of drug-likeness (QED) is 0.798. The van der Waals surface area contributed by atoms with Crippen LogP contribution < -0.4 is 15.5 Å². The van der Waals surface area contributed by atoms with Gasteiger partial charge >= 0.3 is 6.03 Å². The summed E-state index contributed by atoms with van der Waals surface area (Å²) < 4.78 is 0. The van der Waals surface area contributed by atoms with Crippen LogP contribution in [0.5, 0.6) is 0 Å². The van der Waals surface area contributed by atoms with Crippen LogP contribution >= 0.6 is 0 Å². The Morgan fingerprint density at radius 2 is 1.46 bits per heavy atom. The lowest BCUT2D eigenvalue weighted by Crippen LogP contribution is -2.50. The molecule has 7 nitrogen and oxygen atoms in total. The monoisotopic (exact) mass is 380 g/mol. The lowest BCUT2D eigenvalue weighted by atomic mass is 10.1. The van der Waals surface area contributed by atoms with Gasteiger partial charge in [-0.25, -0.2) is 4.79 Å². The largest absolute Gasteiger partial charge is 0.368 e. The maximum Gasteiger partial charge on any atom is 0.321 e. The van der Waals surface area contributed by atoms with Crippen molar-refractivity contribution in [1.29, 1.82) is 0 Å². The Bertz CT molecular complexity index is 889. The van der Waals surface area contributed by atoms with Crippen LogP contribution in [0.1, 0.15) is 24.2 Å². The van der Waals surface area contributed by atoms with Crippen molar-refractivity contribution >= 4 is 34.8 Å². The second-order valence-electron chi connectivity index (χ2n) is 6.77. The Morgan fingerprint density at radius 3 is 2.11 bits per heavy atom. The highest BCUT2D eigenvalue weighted by Gasteiger charge is 2.21. The number of hydrogen-bond donors (Lipinski definition) is 2. The summed E-state index contributed by atoms with van der Waals surface area (Å²) in [5, 5.41) is 5.65. The molecule has 0 spiro atoms. The number of anilines is 3. The van der Waals surface area contributed by atoms with Gasteiger partial charge in [-0.05, 0) is 37.3 Å². The van der Waals surface area contributed by atoms with Gasteiger partial charge < -0.3 is 20.4 Å². The highest BCUT2D eigenvalue weighted by Crippen LogP contribution is 2.21. The highest BCUT2D eigenvalue weighted by molar-refractivity contribution is 5.96. The number of benzene rings is 2. The van der Waals surface area contributed by atoms with Gasteiger partial charge in [0.15, 0.2) is 5.78 Å². The average molecular weight is 380 g/mol. The molecular formula is C21H24N4O3. The molecule has 1 saturated heterocycles. The van der Waals surface area contributed by atoms with Gasteiger partial charge in [-0.3, -0.25) is 9.59 Å². The number of nitrogens with one attached hydrogen (secondary N) is 2. The number of nitrogens with zero attached hydrogens (tertiary/aromatic N) is 2. The van der Waals surface area contributed by atoms with Crippen LogP contribution in [0.2, 0.25) is 0 Å². The zero-order valence-electron chi connectivity index (χ0n) is 16.1. The third-order valence-electron chi connectivity index (χ3n) is 4.62. The second kappa shape index (κ2) is 8.56. The van der Waals surface area contributed by atoms with Gasteiger partial charge in [0.2, 0.25) is 5.91 Å². The third-order valence-corrected chi connectivity index (χ3v) is 4.62. The van der Waals surface area contributed by atoms with Crippen LogP contribution in [0.15, 0.2) is 48.5 Å². The predicted molar refractivity (Wildman–Crippen MR) is 110 cm³/mol. The molecule has 0 unspecified atom stereocenters. The summed E-state index contributed by atoms with van der Waals surface area (Å²) in [6.07, 6.45) is 0. The van der Waals surface area contributed by atoms with E-state index in [1.165, 1.54) is 13.8 Å². The van der Waals surface area contributed by atoms with Crippen LogP contribution in [-0.4, -0.2) is 48.8 Å². The summed E-state index contributed by atoms with van der Waals surface area (Å²) in [6, 6.07) is 14.5. The lowest BCUT2D eigenvalue weighted by molar-refractivity contribution is -0.114. The molecule has 146 valence electrons. The van der Waals surface area contributed by atoms with E-state index in [1.54, 1.807) is 29.2 Å². The van der Waals surface area contributed by atoms with Crippen molar-refractivity contribution in [2.75, 3.05) is 41.7 Å². The first-order valence-corrected chi connectivity index (χ1v) is 9.22. The van der Waals surface area contributed by atoms with E-state index in [0.717, 1.165) is 11.4 Å². The molecule has 3 amide bonds. The molecule has 0 aliphatic carbocycles. The van der Waals surface area contributed by atoms with Crippen LogP contribution in [0.3, 0.4) is 0 Å². The zero-order valence-corrected chi connectivity index (χ0v) is 16.1. The lowest BCUT2D eigenvalue weighted by Gasteiger charge is -2.36. The summed E-state index contributed by atoms with van der Waals surface area (Å²) in [7, 11) is 0. The van der Waals surface area contributed by atoms with E-state index < -0.39 is 0 Å². The zero-order chi connectivity index (χ0) is 20.1. The third kappa shape index (κ3) is 4.88. The molecule has 0 atom stereocenters. The number of rotatable bonds is 4. The van der Waals surface area contributed by atoms with Crippen molar-refractivity contribution in [3.05, 3.63) is 54.1 Å². The number of Topliss-reactive ketones (excluding diaryl/α,β-unsaturated/α-hetero) is 1. The highest BCUT2D eigenvalue weighted by atomic mass is 16.2. The van der Waals surface area contributed by atoms with Crippen LogP contribution in [0.25, 0.3) is 0 Å². The molecule has 0 radical (unpaired) electrons. The van der Waals surface area contributed by atoms with Gasteiger partial charge in [0.25, 0.3) is 0 Å². The van der Waals surface area contributed by atoms with E-state index in [2.05, 4.69) is 15.5 Å². The molecule has 0 bridgehead atoms. The summed E-state index contributed by atoms with van der Waals surface area (Å²) >= 11 is 0. The molecule has 1 heterocycles. The molecule has 7 heteroatoms. The number of urea groups is 1. The molecule has 0 aromatic heterocycles. The molecular weight excluding hydrogens is 356 g/mol. The number of carbonyl (C=O) groups is 3. The minimum atomic E-state index is -0.174. The van der Waals surface area contributed by atoms with Crippen molar-refractivity contribution in [2.45, 2.75) is 13.8 Å². The number of amides is 3. The first-order chi connectivity index (χ1) is 13.4. The van der Waals surface area contributed by atoms with Crippen molar-refractivity contribution in [1.82, 2.24) is 4.90 Å². The first-order valence-electron chi connectivity index (χ1n) is 9.22. The molecule has 1 aliphatic heterocycles. The van der Waals surface area contributed by atoms with Gasteiger partial charge in [0, 0.05) is 55.7 Å². The van der Waals surface area contributed by atoms with Gasteiger partial charge in [0.05, 0.1) is 0 Å². The Morgan fingerprint density at radius 1 is 0.821 bits per heavy atom. The molecule has 1 aliphatic rings. The number of piperazine rings is 1. The van der Waals surface area contributed by atoms with E-state index in [9.17, 15) is 14.4 Å². The summed E-state index contributed by atoms with van der Waals surface area (Å²) in [4.78, 5) is 39.2. The van der Waals surface area contributed by atoms with Crippen LogP contribution in [-0.2, 0) is 4.79 Å².